The predicted molar refractivity (Wildman–Crippen MR) is 90.4 cm³/mol. The van der Waals surface area contributed by atoms with Crippen molar-refractivity contribution in [3.05, 3.63) is 47.2 Å². The summed E-state index contributed by atoms with van der Waals surface area (Å²) in [6.07, 6.45) is 0. The molecule has 0 atom stereocenters. The van der Waals surface area contributed by atoms with E-state index in [0.717, 1.165) is 17.0 Å². The van der Waals surface area contributed by atoms with Crippen molar-refractivity contribution in [3.63, 3.8) is 0 Å². The van der Waals surface area contributed by atoms with Gasteiger partial charge in [0.2, 0.25) is 5.91 Å². The number of anilines is 1. The molecule has 1 aliphatic heterocycles. The Morgan fingerprint density at radius 2 is 2.12 bits per heavy atom. The zero-order valence-corrected chi connectivity index (χ0v) is 14.1. The first kappa shape index (κ1) is 16.3. The van der Waals surface area contributed by atoms with Crippen molar-refractivity contribution >= 4 is 29.3 Å². The topological polar surface area (TPSA) is 77.5 Å². The van der Waals surface area contributed by atoms with E-state index in [0.29, 0.717) is 16.3 Å². The molecule has 1 N–H and O–H groups in total. The van der Waals surface area contributed by atoms with Crippen LogP contribution in [0.4, 0.5) is 5.69 Å². The van der Waals surface area contributed by atoms with Gasteiger partial charge in [-0.3, -0.25) is 4.79 Å². The lowest BCUT2D eigenvalue weighted by Gasteiger charge is -2.08. The first-order valence-electron chi connectivity index (χ1n) is 7.31. The molecule has 0 fully saturated rings. The molecule has 24 heavy (non-hydrogen) atoms. The van der Waals surface area contributed by atoms with Crippen LogP contribution in [0.5, 0.6) is 5.75 Å². The van der Waals surface area contributed by atoms with Gasteiger partial charge in [-0.1, -0.05) is 11.8 Å². The molecule has 124 valence electrons. The van der Waals surface area contributed by atoms with E-state index in [2.05, 4.69) is 10.3 Å². The van der Waals surface area contributed by atoms with Crippen molar-refractivity contribution < 1.29 is 19.1 Å². The number of amides is 1. The fourth-order valence-corrected chi connectivity index (χ4v) is 3.27. The second kappa shape index (κ2) is 6.92. The number of cyclic esters (lactones) is 1. The molecule has 1 aromatic carbocycles. The van der Waals surface area contributed by atoms with E-state index in [4.69, 9.17) is 9.47 Å². The van der Waals surface area contributed by atoms with E-state index in [1.165, 1.54) is 11.8 Å². The lowest BCUT2D eigenvalue weighted by atomic mass is 10.1. The van der Waals surface area contributed by atoms with Crippen molar-refractivity contribution in [2.75, 3.05) is 18.2 Å². The molecule has 0 spiro atoms. The van der Waals surface area contributed by atoms with Gasteiger partial charge >= 0.3 is 5.97 Å². The second-order valence-electron chi connectivity index (χ2n) is 5.24. The Balaban J connectivity index is 1.65. The van der Waals surface area contributed by atoms with Gasteiger partial charge in [-0.05, 0) is 37.3 Å². The predicted octanol–water partition coefficient (Wildman–Crippen LogP) is 2.80. The van der Waals surface area contributed by atoms with Crippen molar-refractivity contribution in [1.29, 1.82) is 0 Å². The van der Waals surface area contributed by atoms with Crippen molar-refractivity contribution in [2.24, 2.45) is 0 Å². The number of esters is 1. The molecule has 0 unspecified atom stereocenters. The Kier molecular flexibility index (Phi) is 4.71. The van der Waals surface area contributed by atoms with Gasteiger partial charge < -0.3 is 14.8 Å². The van der Waals surface area contributed by atoms with Gasteiger partial charge in [0.05, 0.1) is 18.4 Å². The maximum absolute atomic E-state index is 12.1. The van der Waals surface area contributed by atoms with Crippen molar-refractivity contribution in [2.45, 2.75) is 18.6 Å². The molecule has 7 heteroatoms. The third kappa shape index (κ3) is 3.51. The van der Waals surface area contributed by atoms with Gasteiger partial charge in [0.15, 0.2) is 0 Å². The highest BCUT2D eigenvalue weighted by Gasteiger charge is 2.26. The van der Waals surface area contributed by atoms with Crippen LogP contribution in [0, 0.1) is 6.92 Å². The zero-order chi connectivity index (χ0) is 17.1. The highest BCUT2D eigenvalue weighted by atomic mass is 32.2. The summed E-state index contributed by atoms with van der Waals surface area (Å²) in [5.74, 6) is 0.326. The number of carbonyl (C=O) groups excluding carboxylic acids is 2. The summed E-state index contributed by atoms with van der Waals surface area (Å²) < 4.78 is 10.1. The number of methoxy groups -OCH3 is 1. The molecular weight excluding hydrogens is 328 g/mol. The SMILES string of the molecule is COc1ccc(NC(=O)CSc2nc(C)cc3c2C(=O)OC3)cc1. The lowest BCUT2D eigenvalue weighted by Crippen LogP contribution is -2.14. The third-order valence-electron chi connectivity index (χ3n) is 3.47. The quantitative estimate of drug-likeness (QED) is 0.664. The van der Waals surface area contributed by atoms with Crippen LogP contribution in [0.25, 0.3) is 0 Å². The van der Waals surface area contributed by atoms with Gasteiger partial charge in [0.25, 0.3) is 0 Å². The second-order valence-corrected chi connectivity index (χ2v) is 6.21. The molecule has 3 rings (SSSR count). The number of thioether (sulfide) groups is 1. The van der Waals surface area contributed by atoms with Gasteiger partial charge in [-0.15, -0.1) is 0 Å². The maximum atomic E-state index is 12.1. The normalized spacial score (nSPS) is 12.5. The monoisotopic (exact) mass is 344 g/mol. The number of hydrogen-bond acceptors (Lipinski definition) is 6. The maximum Gasteiger partial charge on any atom is 0.341 e. The first-order valence-corrected chi connectivity index (χ1v) is 8.29. The molecule has 6 nitrogen and oxygen atoms in total. The smallest absolute Gasteiger partial charge is 0.341 e. The molecule has 0 saturated heterocycles. The molecule has 0 radical (unpaired) electrons. The molecule has 0 bridgehead atoms. The van der Waals surface area contributed by atoms with Crippen LogP contribution < -0.4 is 10.1 Å². The average Bonchev–Trinajstić information content (AvgIpc) is 2.94. The highest BCUT2D eigenvalue weighted by Crippen LogP contribution is 2.30. The van der Waals surface area contributed by atoms with Crippen LogP contribution in [0.2, 0.25) is 0 Å². The summed E-state index contributed by atoms with van der Waals surface area (Å²) in [6.45, 7) is 2.12. The van der Waals surface area contributed by atoms with Crippen LogP contribution in [-0.4, -0.2) is 29.7 Å². The van der Waals surface area contributed by atoms with E-state index in [1.807, 2.05) is 13.0 Å². The Hall–Kier alpha value is -2.54. The Bertz CT molecular complexity index is 790. The number of nitrogens with one attached hydrogen (secondary N) is 1. The van der Waals surface area contributed by atoms with Crippen LogP contribution in [-0.2, 0) is 16.1 Å². The van der Waals surface area contributed by atoms with Crippen LogP contribution >= 0.6 is 11.8 Å². The van der Waals surface area contributed by atoms with E-state index in [9.17, 15) is 9.59 Å². The third-order valence-corrected chi connectivity index (χ3v) is 4.45. The van der Waals surface area contributed by atoms with Gasteiger partial charge in [-0.25, -0.2) is 9.78 Å². The number of nitrogens with zero attached hydrogens (tertiary/aromatic N) is 1. The number of aromatic nitrogens is 1. The van der Waals surface area contributed by atoms with Gasteiger partial charge in [0.1, 0.15) is 17.4 Å². The molecule has 0 saturated carbocycles. The Morgan fingerprint density at radius 3 is 2.83 bits per heavy atom. The fraction of sp³-hybridized carbons (Fsp3) is 0.235. The number of benzene rings is 1. The van der Waals surface area contributed by atoms with Crippen LogP contribution in [0.3, 0.4) is 0 Å². The lowest BCUT2D eigenvalue weighted by molar-refractivity contribution is -0.113. The number of carbonyl (C=O) groups is 2. The summed E-state index contributed by atoms with van der Waals surface area (Å²) in [4.78, 5) is 28.3. The van der Waals surface area contributed by atoms with Crippen molar-refractivity contribution in [3.8, 4) is 5.75 Å². The van der Waals surface area contributed by atoms with E-state index < -0.39 is 0 Å². The van der Waals surface area contributed by atoms with E-state index >= 15 is 0 Å². The van der Waals surface area contributed by atoms with E-state index in [1.54, 1.807) is 31.4 Å². The van der Waals surface area contributed by atoms with Crippen LogP contribution in [0.15, 0.2) is 35.4 Å². The molecule has 1 aliphatic rings. The minimum Gasteiger partial charge on any atom is -0.497 e. The van der Waals surface area contributed by atoms with Crippen molar-refractivity contribution in [1.82, 2.24) is 4.98 Å². The number of pyridine rings is 1. The molecule has 0 aliphatic carbocycles. The number of rotatable bonds is 5. The number of fused-ring (bicyclic) bond motifs is 1. The van der Waals surface area contributed by atoms with Crippen LogP contribution in [0.1, 0.15) is 21.6 Å². The Labute approximate surface area is 143 Å². The van der Waals surface area contributed by atoms with Gasteiger partial charge in [-0.2, -0.15) is 0 Å². The van der Waals surface area contributed by atoms with Gasteiger partial charge in [0, 0.05) is 16.9 Å². The number of hydrogen-bond donors (Lipinski definition) is 1. The summed E-state index contributed by atoms with van der Waals surface area (Å²) in [5.41, 5.74) is 2.78. The minimum atomic E-state index is -0.379. The largest absolute Gasteiger partial charge is 0.497 e. The summed E-state index contributed by atoms with van der Waals surface area (Å²) >= 11 is 1.23. The first-order chi connectivity index (χ1) is 11.6. The molecule has 1 aromatic heterocycles. The molecule has 2 heterocycles. The average molecular weight is 344 g/mol. The highest BCUT2D eigenvalue weighted by molar-refractivity contribution is 8.00. The number of aryl methyl sites for hydroxylation is 1. The molecule has 2 aromatic rings. The summed E-state index contributed by atoms with van der Waals surface area (Å²) in [7, 11) is 1.59. The summed E-state index contributed by atoms with van der Waals surface area (Å²) in [6, 6.07) is 8.91. The fourth-order valence-electron chi connectivity index (χ4n) is 2.37. The minimum absolute atomic E-state index is 0.155. The zero-order valence-electron chi connectivity index (χ0n) is 13.3. The summed E-state index contributed by atoms with van der Waals surface area (Å²) in [5, 5.41) is 3.34. The number of ether oxygens (including phenoxy) is 2. The molecule has 1 amide bonds. The standard InChI is InChI=1S/C17H16N2O4S/c1-10-7-11-8-23-17(21)15(11)16(18-10)24-9-14(20)19-12-3-5-13(22-2)6-4-12/h3-7H,8-9H2,1-2H3,(H,19,20). The molecular formula is C17H16N2O4S. The van der Waals surface area contributed by atoms with E-state index in [-0.39, 0.29) is 24.2 Å². The Morgan fingerprint density at radius 1 is 1.38 bits per heavy atom.